The normalized spacial score (nSPS) is 18.1. The van der Waals surface area contributed by atoms with Crippen molar-refractivity contribution in [3.8, 4) is 5.69 Å². The van der Waals surface area contributed by atoms with Crippen molar-refractivity contribution in [3.05, 3.63) is 42.2 Å². The highest BCUT2D eigenvalue weighted by Crippen LogP contribution is 2.17. The van der Waals surface area contributed by atoms with E-state index in [0.717, 1.165) is 25.1 Å². The molecule has 6 nitrogen and oxygen atoms in total. The van der Waals surface area contributed by atoms with Gasteiger partial charge in [0.15, 0.2) is 0 Å². The Morgan fingerprint density at radius 3 is 3.00 bits per heavy atom. The van der Waals surface area contributed by atoms with Crippen LogP contribution in [0.25, 0.3) is 5.69 Å². The standard InChI is InChI=1S/C16H20N4O2/c1-19(12-13-6-4-5-11-22-13)16(21)14-7-2-3-8-15(14)20-10-9-17-18-20/h2-3,7-10,13H,4-6,11-12H2,1H3/t13-/m0/s1. The molecule has 2 heterocycles. The molecule has 1 aliphatic heterocycles. The molecule has 2 aromatic rings. The van der Waals surface area contributed by atoms with Crippen LogP contribution in [0.2, 0.25) is 0 Å². The molecule has 0 saturated carbocycles. The van der Waals surface area contributed by atoms with Crippen molar-refractivity contribution >= 4 is 5.91 Å². The third kappa shape index (κ3) is 3.17. The highest BCUT2D eigenvalue weighted by molar-refractivity contribution is 5.97. The number of likely N-dealkylation sites (N-methyl/N-ethyl adjacent to an activating group) is 1. The zero-order valence-electron chi connectivity index (χ0n) is 12.7. The van der Waals surface area contributed by atoms with Gasteiger partial charge in [0.1, 0.15) is 0 Å². The van der Waals surface area contributed by atoms with Crippen LogP contribution in [0, 0.1) is 0 Å². The van der Waals surface area contributed by atoms with Crippen LogP contribution in [0.4, 0.5) is 0 Å². The van der Waals surface area contributed by atoms with Gasteiger partial charge in [-0.25, -0.2) is 4.68 Å². The van der Waals surface area contributed by atoms with E-state index in [9.17, 15) is 4.79 Å². The molecule has 1 saturated heterocycles. The summed E-state index contributed by atoms with van der Waals surface area (Å²) in [6.07, 6.45) is 6.77. The van der Waals surface area contributed by atoms with Crippen LogP contribution >= 0.6 is 0 Å². The van der Waals surface area contributed by atoms with Crippen molar-refractivity contribution in [1.82, 2.24) is 19.9 Å². The SMILES string of the molecule is CN(C[C@@H]1CCCCO1)C(=O)c1ccccc1-n1ccnn1. The van der Waals surface area contributed by atoms with E-state index in [-0.39, 0.29) is 12.0 Å². The average Bonchev–Trinajstić information content (AvgIpc) is 3.09. The highest BCUT2D eigenvalue weighted by Gasteiger charge is 2.21. The highest BCUT2D eigenvalue weighted by atomic mass is 16.5. The van der Waals surface area contributed by atoms with Gasteiger partial charge in [0.2, 0.25) is 0 Å². The fourth-order valence-electron chi connectivity index (χ4n) is 2.74. The number of nitrogens with zero attached hydrogens (tertiary/aromatic N) is 4. The zero-order chi connectivity index (χ0) is 15.4. The van der Waals surface area contributed by atoms with E-state index >= 15 is 0 Å². The van der Waals surface area contributed by atoms with Gasteiger partial charge in [-0.3, -0.25) is 4.79 Å². The Labute approximate surface area is 129 Å². The predicted octanol–water partition coefficient (Wildman–Crippen LogP) is 1.91. The second-order valence-corrected chi connectivity index (χ2v) is 5.54. The molecule has 0 aliphatic carbocycles. The van der Waals surface area contributed by atoms with E-state index in [1.807, 2.05) is 31.3 Å². The molecule has 0 spiro atoms. The minimum Gasteiger partial charge on any atom is -0.376 e. The summed E-state index contributed by atoms with van der Waals surface area (Å²) < 4.78 is 7.32. The smallest absolute Gasteiger partial charge is 0.255 e. The molecule has 1 aromatic carbocycles. The summed E-state index contributed by atoms with van der Waals surface area (Å²) in [6.45, 7) is 1.41. The van der Waals surface area contributed by atoms with Crippen LogP contribution < -0.4 is 0 Å². The first-order valence-electron chi connectivity index (χ1n) is 7.58. The molecule has 6 heteroatoms. The lowest BCUT2D eigenvalue weighted by atomic mass is 10.1. The van der Waals surface area contributed by atoms with Gasteiger partial charge in [-0.1, -0.05) is 17.3 Å². The number of rotatable bonds is 4. The molecule has 0 N–H and O–H groups in total. The number of benzene rings is 1. The molecule has 1 fully saturated rings. The van der Waals surface area contributed by atoms with Crippen molar-refractivity contribution in [1.29, 1.82) is 0 Å². The van der Waals surface area contributed by atoms with Gasteiger partial charge >= 0.3 is 0 Å². The van der Waals surface area contributed by atoms with Crippen LogP contribution in [0.15, 0.2) is 36.7 Å². The Bertz CT molecular complexity index is 621. The molecule has 0 bridgehead atoms. The number of hydrogen-bond donors (Lipinski definition) is 0. The summed E-state index contributed by atoms with van der Waals surface area (Å²) in [4.78, 5) is 14.5. The summed E-state index contributed by atoms with van der Waals surface area (Å²) in [5.74, 6) is -0.0275. The first-order chi connectivity index (χ1) is 10.8. The third-order valence-corrected chi connectivity index (χ3v) is 3.90. The molecule has 1 amide bonds. The fraction of sp³-hybridized carbons (Fsp3) is 0.438. The number of amides is 1. The van der Waals surface area contributed by atoms with Gasteiger partial charge in [0, 0.05) is 20.2 Å². The molecule has 3 rings (SSSR count). The minimum atomic E-state index is -0.0275. The van der Waals surface area contributed by atoms with Crippen LogP contribution in [0.3, 0.4) is 0 Å². The van der Waals surface area contributed by atoms with Gasteiger partial charge in [0.05, 0.1) is 29.7 Å². The molecule has 0 radical (unpaired) electrons. The van der Waals surface area contributed by atoms with Crippen molar-refractivity contribution in [2.45, 2.75) is 25.4 Å². The van der Waals surface area contributed by atoms with E-state index < -0.39 is 0 Å². The zero-order valence-corrected chi connectivity index (χ0v) is 12.7. The van der Waals surface area contributed by atoms with E-state index in [1.165, 1.54) is 6.42 Å². The molecular weight excluding hydrogens is 280 g/mol. The number of para-hydroxylation sites is 1. The van der Waals surface area contributed by atoms with Crippen molar-refractivity contribution < 1.29 is 9.53 Å². The maximum absolute atomic E-state index is 12.7. The number of carbonyl (C=O) groups excluding carboxylic acids is 1. The monoisotopic (exact) mass is 300 g/mol. The summed E-state index contributed by atoms with van der Waals surface area (Å²) in [6, 6.07) is 7.43. The van der Waals surface area contributed by atoms with Gasteiger partial charge in [0.25, 0.3) is 5.91 Å². The topological polar surface area (TPSA) is 60.2 Å². The van der Waals surface area contributed by atoms with Gasteiger partial charge < -0.3 is 9.64 Å². The molecule has 1 aliphatic rings. The Hall–Kier alpha value is -2.21. The van der Waals surface area contributed by atoms with E-state index in [2.05, 4.69) is 10.3 Å². The molecule has 22 heavy (non-hydrogen) atoms. The summed E-state index contributed by atoms with van der Waals surface area (Å²) >= 11 is 0. The largest absolute Gasteiger partial charge is 0.376 e. The van der Waals surface area contributed by atoms with Crippen LogP contribution in [0.1, 0.15) is 29.6 Å². The maximum atomic E-state index is 12.7. The molecule has 1 aromatic heterocycles. The Morgan fingerprint density at radius 2 is 2.27 bits per heavy atom. The maximum Gasteiger partial charge on any atom is 0.255 e. The van der Waals surface area contributed by atoms with Gasteiger partial charge in [-0.2, -0.15) is 0 Å². The molecule has 1 atom stereocenters. The first kappa shape index (κ1) is 14.7. The van der Waals surface area contributed by atoms with Crippen LogP contribution in [0.5, 0.6) is 0 Å². The van der Waals surface area contributed by atoms with Gasteiger partial charge in [-0.15, -0.1) is 5.10 Å². The summed E-state index contributed by atoms with van der Waals surface area (Å²) in [7, 11) is 1.82. The minimum absolute atomic E-state index is 0.0275. The molecule has 0 unspecified atom stereocenters. The van der Waals surface area contributed by atoms with Crippen LogP contribution in [-0.4, -0.2) is 52.1 Å². The number of carbonyl (C=O) groups is 1. The average molecular weight is 300 g/mol. The Balaban J connectivity index is 1.77. The Morgan fingerprint density at radius 1 is 1.41 bits per heavy atom. The number of hydrogen-bond acceptors (Lipinski definition) is 4. The second-order valence-electron chi connectivity index (χ2n) is 5.54. The molecule has 116 valence electrons. The van der Waals surface area contributed by atoms with Crippen molar-refractivity contribution in [2.75, 3.05) is 20.2 Å². The second kappa shape index (κ2) is 6.70. The summed E-state index contributed by atoms with van der Waals surface area (Å²) in [5.41, 5.74) is 1.35. The van der Waals surface area contributed by atoms with Crippen molar-refractivity contribution in [2.24, 2.45) is 0 Å². The first-order valence-corrected chi connectivity index (χ1v) is 7.58. The lowest BCUT2D eigenvalue weighted by Crippen LogP contribution is -2.37. The predicted molar refractivity (Wildman–Crippen MR) is 81.9 cm³/mol. The van der Waals surface area contributed by atoms with Crippen molar-refractivity contribution in [3.63, 3.8) is 0 Å². The van der Waals surface area contributed by atoms with E-state index in [0.29, 0.717) is 12.1 Å². The number of ether oxygens (including phenoxy) is 1. The van der Waals surface area contributed by atoms with Crippen LogP contribution in [-0.2, 0) is 4.74 Å². The third-order valence-electron chi connectivity index (χ3n) is 3.90. The fourth-order valence-corrected chi connectivity index (χ4v) is 2.74. The quantitative estimate of drug-likeness (QED) is 0.865. The van der Waals surface area contributed by atoms with E-state index in [4.69, 9.17) is 4.74 Å². The lowest BCUT2D eigenvalue weighted by Gasteiger charge is -2.27. The van der Waals surface area contributed by atoms with E-state index in [1.54, 1.807) is 22.0 Å². The summed E-state index contributed by atoms with van der Waals surface area (Å²) in [5, 5.41) is 7.78. The van der Waals surface area contributed by atoms with Gasteiger partial charge in [-0.05, 0) is 31.4 Å². The lowest BCUT2D eigenvalue weighted by molar-refractivity contribution is -0.000190. The molecular formula is C16H20N4O2. The Kier molecular flexibility index (Phi) is 4.48. The number of aromatic nitrogens is 3.